The number of unbranched alkanes of at least 4 members (excludes halogenated alkanes) is 4. The lowest BCUT2D eigenvalue weighted by Gasteiger charge is -2.24. The Balaban J connectivity index is 3.91. The fourth-order valence-electron chi connectivity index (χ4n) is 2.94. The van der Waals surface area contributed by atoms with Crippen LogP contribution in [0.5, 0.6) is 0 Å². The van der Waals surface area contributed by atoms with Crippen molar-refractivity contribution in [3.63, 3.8) is 0 Å². The van der Waals surface area contributed by atoms with Crippen LogP contribution in [0.25, 0.3) is 0 Å². The Morgan fingerprint density at radius 2 is 1.41 bits per heavy atom. The molecule has 214 valence electrons. The van der Waals surface area contributed by atoms with Gasteiger partial charge in [0.2, 0.25) is 0 Å². The number of carbonyl (C=O) groups is 1. The second kappa shape index (κ2) is 22.4. The van der Waals surface area contributed by atoms with Gasteiger partial charge in [0.05, 0.1) is 34.4 Å². The number of ether oxygens (including phenoxy) is 1. The summed E-state index contributed by atoms with van der Waals surface area (Å²) in [7, 11) is 1.50. The predicted octanol–water partition coefficient (Wildman–Crippen LogP) is 5.88. The zero-order chi connectivity index (χ0) is 27.8. The smallest absolute Gasteiger partial charge is 0.457 e. The molecule has 0 fully saturated rings. The summed E-state index contributed by atoms with van der Waals surface area (Å²) in [5, 5.41) is 9.38. The second-order valence-corrected chi connectivity index (χ2v) is 11.3. The Morgan fingerprint density at radius 3 is 1.92 bits per heavy atom. The number of nitrogens with zero attached hydrogens (tertiary/aromatic N) is 1. The Bertz CT molecular complexity index is 741. The first kappa shape index (κ1) is 35.5. The number of phosphoric acid groups is 1. The number of aliphatic hydroxyl groups is 1. The first-order chi connectivity index (χ1) is 17.6. The van der Waals surface area contributed by atoms with Crippen molar-refractivity contribution in [3.8, 4) is 0 Å². The molecule has 0 aliphatic heterocycles. The van der Waals surface area contributed by atoms with Gasteiger partial charge in [0.15, 0.2) is 0 Å². The van der Waals surface area contributed by atoms with Gasteiger partial charge in [0, 0.05) is 6.42 Å². The molecular formula is C28H51NO7P+. The highest BCUT2D eigenvalue weighted by atomic mass is 31.2. The van der Waals surface area contributed by atoms with Crippen molar-refractivity contribution in [1.82, 2.24) is 0 Å². The topological polar surface area (TPSA) is 102 Å². The second-order valence-electron chi connectivity index (χ2n) is 9.89. The fourth-order valence-corrected chi connectivity index (χ4v) is 3.68. The molecule has 2 atom stereocenters. The largest absolute Gasteiger partial charge is 0.472 e. The molecular weight excluding hydrogens is 493 g/mol. The average molecular weight is 545 g/mol. The molecule has 0 aromatic rings. The van der Waals surface area contributed by atoms with E-state index < -0.39 is 33.1 Å². The third kappa shape index (κ3) is 25.9. The number of phosphoric ester groups is 1. The number of rotatable bonds is 23. The zero-order valence-corrected chi connectivity index (χ0v) is 24.3. The fraction of sp³-hybridized carbons (Fsp3) is 0.679. The van der Waals surface area contributed by atoms with E-state index in [1.807, 2.05) is 27.2 Å². The summed E-state index contributed by atoms with van der Waals surface area (Å²) in [5.41, 5.74) is 0. The van der Waals surface area contributed by atoms with Crippen molar-refractivity contribution in [2.75, 3.05) is 47.5 Å². The maximum absolute atomic E-state index is 12.0. The molecule has 37 heavy (non-hydrogen) atoms. The van der Waals surface area contributed by atoms with Crippen LogP contribution in [-0.2, 0) is 23.1 Å². The summed E-state index contributed by atoms with van der Waals surface area (Å²) in [4.78, 5) is 21.7. The van der Waals surface area contributed by atoms with Crippen LogP contribution in [0.2, 0.25) is 0 Å². The third-order valence-electron chi connectivity index (χ3n) is 5.15. The SMILES string of the molecule is CCCCC/C=C/C/C=C/C/C=C/C/C=C/CCCC(=O)O[C@H](CO)COP(=O)(O)OCC[N+](C)(C)C. The minimum atomic E-state index is -4.28. The van der Waals surface area contributed by atoms with E-state index in [1.54, 1.807) is 0 Å². The Hall–Kier alpha value is -1.54. The van der Waals surface area contributed by atoms with Crippen LogP contribution in [0.4, 0.5) is 0 Å². The number of hydrogen-bond donors (Lipinski definition) is 2. The monoisotopic (exact) mass is 544 g/mol. The molecule has 9 heteroatoms. The van der Waals surface area contributed by atoms with Crippen molar-refractivity contribution in [1.29, 1.82) is 0 Å². The van der Waals surface area contributed by atoms with Gasteiger partial charge >= 0.3 is 13.8 Å². The molecule has 2 N–H and O–H groups in total. The molecule has 0 amide bonds. The minimum absolute atomic E-state index is 0.0400. The van der Waals surface area contributed by atoms with Gasteiger partial charge in [0.25, 0.3) is 0 Å². The maximum atomic E-state index is 12.0. The average Bonchev–Trinajstić information content (AvgIpc) is 2.82. The van der Waals surface area contributed by atoms with Crippen molar-refractivity contribution in [2.24, 2.45) is 0 Å². The summed E-state index contributed by atoms with van der Waals surface area (Å²) in [6.45, 7) is 1.85. The molecule has 8 nitrogen and oxygen atoms in total. The van der Waals surface area contributed by atoms with Gasteiger partial charge in [-0.3, -0.25) is 13.8 Å². The van der Waals surface area contributed by atoms with Gasteiger partial charge in [-0.15, -0.1) is 0 Å². The van der Waals surface area contributed by atoms with Crippen molar-refractivity contribution in [3.05, 3.63) is 48.6 Å². The molecule has 0 saturated carbocycles. The van der Waals surface area contributed by atoms with Crippen LogP contribution in [0, 0.1) is 0 Å². The van der Waals surface area contributed by atoms with E-state index in [4.69, 9.17) is 13.8 Å². The van der Waals surface area contributed by atoms with E-state index in [1.165, 1.54) is 25.7 Å². The van der Waals surface area contributed by atoms with Crippen LogP contribution in [0.1, 0.15) is 71.1 Å². The normalized spacial score (nSPS) is 15.3. The molecule has 0 bridgehead atoms. The number of likely N-dealkylation sites (N-methyl/N-ethyl adjacent to an activating group) is 1. The highest BCUT2D eigenvalue weighted by Gasteiger charge is 2.25. The number of quaternary nitrogens is 1. The van der Waals surface area contributed by atoms with Gasteiger partial charge in [0.1, 0.15) is 19.3 Å². The summed E-state index contributed by atoms with van der Waals surface area (Å²) < 4.78 is 27.4. The number of esters is 1. The van der Waals surface area contributed by atoms with Crippen molar-refractivity contribution in [2.45, 2.75) is 77.2 Å². The van der Waals surface area contributed by atoms with Gasteiger partial charge in [-0.1, -0.05) is 68.4 Å². The molecule has 0 aromatic carbocycles. The van der Waals surface area contributed by atoms with Gasteiger partial charge in [-0.2, -0.15) is 0 Å². The molecule has 0 heterocycles. The molecule has 0 spiro atoms. The first-order valence-corrected chi connectivity index (χ1v) is 14.9. The van der Waals surface area contributed by atoms with Crippen molar-refractivity contribution < 1.29 is 37.6 Å². The summed E-state index contributed by atoms with van der Waals surface area (Å²) in [6, 6.07) is 0. The quantitative estimate of drug-likeness (QED) is 0.0545. The lowest BCUT2D eigenvalue weighted by atomic mass is 10.2. The molecule has 0 saturated heterocycles. The number of hydrogen-bond acceptors (Lipinski definition) is 6. The van der Waals surface area contributed by atoms with Crippen LogP contribution in [0.3, 0.4) is 0 Å². The van der Waals surface area contributed by atoms with E-state index in [0.717, 1.165) is 25.7 Å². The van der Waals surface area contributed by atoms with E-state index in [0.29, 0.717) is 17.4 Å². The van der Waals surface area contributed by atoms with E-state index in [-0.39, 0.29) is 13.0 Å². The Morgan fingerprint density at radius 1 is 0.865 bits per heavy atom. The molecule has 0 rings (SSSR count). The summed E-state index contributed by atoms with van der Waals surface area (Å²) in [6.07, 6.45) is 25.5. The molecule has 0 aliphatic carbocycles. The summed E-state index contributed by atoms with van der Waals surface area (Å²) in [5.74, 6) is -0.489. The van der Waals surface area contributed by atoms with Crippen LogP contribution >= 0.6 is 7.82 Å². The number of allylic oxidation sites excluding steroid dienone is 8. The minimum Gasteiger partial charge on any atom is -0.457 e. The molecule has 0 aromatic heterocycles. The zero-order valence-electron chi connectivity index (χ0n) is 23.4. The molecule has 0 radical (unpaired) electrons. The lowest BCUT2D eigenvalue weighted by molar-refractivity contribution is -0.870. The summed E-state index contributed by atoms with van der Waals surface area (Å²) >= 11 is 0. The maximum Gasteiger partial charge on any atom is 0.472 e. The lowest BCUT2D eigenvalue weighted by Crippen LogP contribution is -2.37. The van der Waals surface area contributed by atoms with Gasteiger partial charge < -0.3 is 19.2 Å². The highest BCUT2D eigenvalue weighted by molar-refractivity contribution is 7.47. The van der Waals surface area contributed by atoms with Crippen molar-refractivity contribution >= 4 is 13.8 Å². The van der Waals surface area contributed by atoms with E-state index >= 15 is 0 Å². The van der Waals surface area contributed by atoms with Gasteiger partial charge in [-0.05, 0) is 44.9 Å². The Labute approximate surface area is 224 Å². The third-order valence-corrected chi connectivity index (χ3v) is 6.14. The first-order valence-electron chi connectivity index (χ1n) is 13.4. The molecule has 0 aliphatic rings. The number of carbonyl (C=O) groups excluding carboxylic acids is 1. The van der Waals surface area contributed by atoms with Crippen LogP contribution in [0.15, 0.2) is 48.6 Å². The predicted molar refractivity (Wildman–Crippen MR) is 150 cm³/mol. The van der Waals surface area contributed by atoms with Crippen LogP contribution in [-0.4, -0.2) is 74.1 Å². The Kier molecular flexibility index (Phi) is 21.5. The van der Waals surface area contributed by atoms with Gasteiger partial charge in [-0.25, -0.2) is 4.57 Å². The highest BCUT2D eigenvalue weighted by Crippen LogP contribution is 2.43. The van der Waals surface area contributed by atoms with E-state index in [9.17, 15) is 19.4 Å². The van der Waals surface area contributed by atoms with E-state index in [2.05, 4.69) is 49.5 Å². The van der Waals surface area contributed by atoms with Crippen LogP contribution < -0.4 is 0 Å². The standard InChI is InChI=1S/C28H50NO7P/c1-5-6-7-8-9-10-11-12-13-14-15-16-17-18-19-20-21-22-28(31)36-27(25-30)26-35-37(32,33)34-24-23-29(2,3)4/h9-10,12-13,15-16,18-19,27,30H,5-8,11,14,17,20-26H2,1-4H3/p+1/b10-9+,13-12+,16-15+,19-18+/t27-/m1/s1. The molecule has 1 unspecified atom stereocenters. The number of aliphatic hydroxyl groups excluding tert-OH is 1.